The molecular formula is C30H36ClN3O5. The van der Waals surface area contributed by atoms with Crippen LogP contribution in [0.5, 0.6) is 11.5 Å². The van der Waals surface area contributed by atoms with Crippen molar-refractivity contribution in [2.75, 3.05) is 32.8 Å². The molecule has 2 aromatic carbocycles. The fourth-order valence-corrected chi connectivity index (χ4v) is 5.49. The quantitative estimate of drug-likeness (QED) is 0.411. The summed E-state index contributed by atoms with van der Waals surface area (Å²) in [5.41, 5.74) is 1.20. The van der Waals surface area contributed by atoms with Gasteiger partial charge >= 0.3 is 6.09 Å². The molecule has 3 heterocycles. The minimum absolute atomic E-state index is 0.0322. The average Bonchev–Trinajstić information content (AvgIpc) is 2.90. The second kappa shape index (κ2) is 11.5. The zero-order valence-electron chi connectivity index (χ0n) is 22.8. The normalized spacial score (nSPS) is 16.3. The molecule has 2 aliphatic heterocycles. The van der Waals surface area contributed by atoms with Crippen molar-refractivity contribution in [2.24, 2.45) is 0 Å². The molecule has 1 aromatic heterocycles. The van der Waals surface area contributed by atoms with Crippen LogP contribution in [0, 0.1) is 0 Å². The number of benzene rings is 2. The highest BCUT2D eigenvalue weighted by Crippen LogP contribution is 2.32. The molecule has 0 unspecified atom stereocenters. The van der Waals surface area contributed by atoms with Crippen molar-refractivity contribution in [3.05, 3.63) is 69.5 Å². The highest BCUT2D eigenvalue weighted by Gasteiger charge is 2.31. The number of piperidine rings is 1. The van der Waals surface area contributed by atoms with E-state index in [0.29, 0.717) is 37.1 Å². The molecule has 0 aliphatic carbocycles. The van der Waals surface area contributed by atoms with Crippen molar-refractivity contribution in [3.8, 4) is 11.5 Å². The maximum absolute atomic E-state index is 13.3. The predicted octanol–water partition coefficient (Wildman–Crippen LogP) is 5.33. The first-order valence-corrected chi connectivity index (χ1v) is 13.9. The lowest BCUT2D eigenvalue weighted by atomic mass is 10.0. The van der Waals surface area contributed by atoms with E-state index in [9.17, 15) is 9.59 Å². The standard InChI is InChI=1S/C30H36ClN3O5/c1-30(2,3)39-29(36)34(20-21-7-9-26-27(19-21)38-18-17-37-26)22-11-13-32(14-12-22)15-16-33-25-6-4-5-24(31)23(25)8-10-28(33)35/h4-10,19,22H,11-18,20H2,1-3H3. The van der Waals surface area contributed by atoms with Gasteiger partial charge in [-0.2, -0.15) is 0 Å². The molecule has 0 saturated carbocycles. The number of aromatic nitrogens is 1. The maximum Gasteiger partial charge on any atom is 0.410 e. The monoisotopic (exact) mass is 553 g/mol. The summed E-state index contributed by atoms with van der Waals surface area (Å²) < 4.78 is 19.0. The van der Waals surface area contributed by atoms with E-state index in [2.05, 4.69) is 4.90 Å². The summed E-state index contributed by atoms with van der Waals surface area (Å²) in [6.45, 7) is 10.1. The highest BCUT2D eigenvalue weighted by atomic mass is 35.5. The van der Waals surface area contributed by atoms with Gasteiger partial charge in [-0.1, -0.05) is 23.7 Å². The zero-order chi connectivity index (χ0) is 27.6. The van der Waals surface area contributed by atoms with Crippen molar-refractivity contribution in [1.82, 2.24) is 14.4 Å². The molecule has 1 fully saturated rings. The van der Waals surface area contributed by atoms with Crippen molar-refractivity contribution in [1.29, 1.82) is 0 Å². The SMILES string of the molecule is CC(C)(C)OC(=O)N(Cc1ccc2c(c1)OCCO2)C1CCN(CCn2c(=O)ccc3c(Cl)cccc32)CC1. The second-order valence-corrected chi connectivity index (χ2v) is 11.6. The minimum atomic E-state index is -0.586. The molecule has 0 bridgehead atoms. The van der Waals surface area contributed by atoms with Gasteiger partial charge in [0.15, 0.2) is 11.5 Å². The van der Waals surface area contributed by atoms with Crippen LogP contribution in [-0.2, 0) is 17.8 Å². The summed E-state index contributed by atoms with van der Waals surface area (Å²) in [5.74, 6) is 1.44. The van der Waals surface area contributed by atoms with E-state index in [1.807, 2.05) is 62.1 Å². The lowest BCUT2D eigenvalue weighted by molar-refractivity contribution is 0.00562. The Balaban J connectivity index is 1.26. The van der Waals surface area contributed by atoms with Gasteiger partial charge in [0.05, 0.1) is 5.52 Å². The summed E-state index contributed by atoms with van der Waals surface area (Å²) in [6, 6.07) is 14.9. The molecule has 208 valence electrons. The predicted molar refractivity (Wildman–Crippen MR) is 152 cm³/mol. The molecule has 3 aromatic rings. The largest absolute Gasteiger partial charge is 0.486 e. The lowest BCUT2D eigenvalue weighted by Gasteiger charge is -2.39. The van der Waals surface area contributed by atoms with Crippen LogP contribution in [-0.4, -0.2) is 65.0 Å². The smallest absolute Gasteiger partial charge is 0.410 e. The van der Waals surface area contributed by atoms with E-state index >= 15 is 0 Å². The van der Waals surface area contributed by atoms with Crippen LogP contribution in [0.15, 0.2) is 53.3 Å². The van der Waals surface area contributed by atoms with Crippen molar-refractivity contribution >= 4 is 28.6 Å². The number of carbonyl (C=O) groups excluding carboxylic acids is 1. The average molecular weight is 554 g/mol. The molecule has 0 atom stereocenters. The highest BCUT2D eigenvalue weighted by molar-refractivity contribution is 6.35. The molecule has 1 amide bonds. The maximum atomic E-state index is 13.3. The first-order chi connectivity index (χ1) is 18.7. The van der Waals surface area contributed by atoms with Crippen LogP contribution >= 0.6 is 11.6 Å². The number of hydrogen-bond donors (Lipinski definition) is 0. The van der Waals surface area contributed by atoms with E-state index in [-0.39, 0.29) is 17.7 Å². The van der Waals surface area contributed by atoms with Crippen molar-refractivity contribution < 1.29 is 19.0 Å². The van der Waals surface area contributed by atoms with Gasteiger partial charge in [0.25, 0.3) is 5.56 Å². The number of fused-ring (bicyclic) bond motifs is 2. The van der Waals surface area contributed by atoms with Gasteiger partial charge in [-0.15, -0.1) is 0 Å². The van der Waals surface area contributed by atoms with E-state index in [1.54, 1.807) is 16.7 Å². The third kappa shape index (κ3) is 6.50. The van der Waals surface area contributed by atoms with Gasteiger partial charge in [-0.25, -0.2) is 4.79 Å². The summed E-state index contributed by atoms with van der Waals surface area (Å²) in [7, 11) is 0. The van der Waals surface area contributed by atoms with Crippen LogP contribution in [0.1, 0.15) is 39.2 Å². The molecule has 2 aliphatic rings. The van der Waals surface area contributed by atoms with Crippen LogP contribution in [0.25, 0.3) is 10.9 Å². The van der Waals surface area contributed by atoms with Crippen LogP contribution in [0.2, 0.25) is 5.02 Å². The Morgan fingerprint density at radius 2 is 1.77 bits per heavy atom. The number of pyridine rings is 1. The summed E-state index contributed by atoms with van der Waals surface area (Å²) >= 11 is 6.35. The van der Waals surface area contributed by atoms with E-state index in [4.69, 9.17) is 25.8 Å². The number of likely N-dealkylation sites (tertiary alicyclic amines) is 1. The molecule has 9 heteroatoms. The van der Waals surface area contributed by atoms with Gasteiger partial charge in [-0.05, 0) is 69.5 Å². The first kappa shape index (κ1) is 27.3. The van der Waals surface area contributed by atoms with Gasteiger partial charge < -0.3 is 28.6 Å². The Morgan fingerprint density at radius 1 is 1.03 bits per heavy atom. The number of nitrogens with zero attached hydrogens (tertiary/aromatic N) is 3. The molecule has 5 rings (SSSR count). The number of amides is 1. The first-order valence-electron chi connectivity index (χ1n) is 13.6. The van der Waals surface area contributed by atoms with Gasteiger partial charge in [0.1, 0.15) is 18.8 Å². The molecule has 39 heavy (non-hydrogen) atoms. The summed E-state index contributed by atoms with van der Waals surface area (Å²) in [4.78, 5) is 30.2. The topological polar surface area (TPSA) is 73.2 Å². The second-order valence-electron chi connectivity index (χ2n) is 11.2. The number of halogens is 1. The fourth-order valence-electron chi connectivity index (χ4n) is 5.26. The van der Waals surface area contributed by atoms with Crippen molar-refractivity contribution in [3.63, 3.8) is 0 Å². The van der Waals surface area contributed by atoms with Gasteiger partial charge in [0, 0.05) is 55.2 Å². The Morgan fingerprint density at radius 3 is 2.51 bits per heavy atom. The zero-order valence-corrected chi connectivity index (χ0v) is 23.6. The van der Waals surface area contributed by atoms with Gasteiger partial charge in [-0.3, -0.25) is 4.79 Å². The number of rotatable bonds is 6. The Kier molecular flexibility index (Phi) is 8.05. The van der Waals surface area contributed by atoms with Crippen molar-refractivity contribution in [2.45, 2.75) is 58.3 Å². The fraction of sp³-hybridized carbons (Fsp3) is 0.467. The molecule has 8 nitrogen and oxygen atoms in total. The summed E-state index contributed by atoms with van der Waals surface area (Å²) in [6.07, 6.45) is 1.33. The summed E-state index contributed by atoms with van der Waals surface area (Å²) in [5, 5.41) is 1.52. The van der Waals surface area contributed by atoms with Crippen LogP contribution in [0.3, 0.4) is 0 Å². The Labute approximate surface area is 234 Å². The van der Waals surface area contributed by atoms with Crippen LogP contribution < -0.4 is 15.0 Å². The number of hydrogen-bond acceptors (Lipinski definition) is 6. The lowest BCUT2D eigenvalue weighted by Crippen LogP contribution is -2.49. The van der Waals surface area contributed by atoms with Crippen LogP contribution in [0.4, 0.5) is 4.79 Å². The molecular weight excluding hydrogens is 518 g/mol. The molecule has 1 saturated heterocycles. The number of ether oxygens (including phenoxy) is 3. The Hall–Kier alpha value is -3.23. The minimum Gasteiger partial charge on any atom is -0.486 e. The molecule has 0 spiro atoms. The third-order valence-electron chi connectivity index (χ3n) is 7.20. The molecule has 0 radical (unpaired) electrons. The third-order valence-corrected chi connectivity index (χ3v) is 7.53. The molecule has 0 N–H and O–H groups in total. The Bertz CT molecular complexity index is 1390. The van der Waals surface area contributed by atoms with E-state index in [1.165, 1.54) is 0 Å². The van der Waals surface area contributed by atoms with Gasteiger partial charge in [0.2, 0.25) is 0 Å². The number of carbonyl (C=O) groups is 1. The van der Waals surface area contributed by atoms with E-state index in [0.717, 1.165) is 54.7 Å². The van der Waals surface area contributed by atoms with E-state index < -0.39 is 5.60 Å².